The Morgan fingerprint density at radius 3 is 2.67 bits per heavy atom. The Bertz CT molecular complexity index is 338. The first-order valence-corrected chi connectivity index (χ1v) is 3.95. The quantitative estimate of drug-likeness (QED) is 0.597. The Kier molecular flexibility index (Phi) is 2.32. The largest absolute Gasteiger partial charge is 0.506 e. The maximum Gasteiger partial charge on any atom is 0.287 e. The molecule has 0 unspecified atom stereocenters. The number of nitro groups is 1. The van der Waals surface area contributed by atoms with Gasteiger partial charge in [-0.2, -0.15) is 0 Å². The van der Waals surface area contributed by atoms with Crippen molar-refractivity contribution in [2.24, 2.45) is 0 Å². The molecular weight excluding hydrogens is 226 g/mol. The van der Waals surface area contributed by atoms with Gasteiger partial charge in [-0.1, -0.05) is 0 Å². The molecule has 1 aromatic rings. The number of nitro benzene ring substituents is 1. The summed E-state index contributed by atoms with van der Waals surface area (Å²) in [5, 5.41) is 19.6. The zero-order valence-electron chi connectivity index (χ0n) is 6.24. The van der Waals surface area contributed by atoms with Crippen molar-refractivity contribution in [1.29, 1.82) is 0 Å². The van der Waals surface area contributed by atoms with E-state index in [2.05, 4.69) is 15.9 Å². The fraction of sp³-hybridized carbons (Fsp3) is 0.143. The number of hydrogen-bond donors (Lipinski definition) is 1. The van der Waals surface area contributed by atoms with Gasteiger partial charge < -0.3 is 5.11 Å². The second-order valence-electron chi connectivity index (χ2n) is 2.37. The molecule has 0 amide bonds. The van der Waals surface area contributed by atoms with Crippen molar-refractivity contribution >= 4 is 21.6 Å². The summed E-state index contributed by atoms with van der Waals surface area (Å²) in [7, 11) is 0. The fourth-order valence-electron chi connectivity index (χ4n) is 0.864. The topological polar surface area (TPSA) is 63.4 Å². The number of aryl methyl sites for hydroxylation is 1. The zero-order valence-corrected chi connectivity index (χ0v) is 7.83. The van der Waals surface area contributed by atoms with Gasteiger partial charge in [-0.3, -0.25) is 10.1 Å². The molecule has 0 aliphatic carbocycles. The summed E-state index contributed by atoms with van der Waals surface area (Å²) in [4.78, 5) is 9.85. The molecule has 1 aromatic carbocycles. The monoisotopic (exact) mass is 231 g/mol. The van der Waals surface area contributed by atoms with Crippen LogP contribution >= 0.6 is 15.9 Å². The average molecular weight is 232 g/mol. The van der Waals surface area contributed by atoms with Crippen molar-refractivity contribution < 1.29 is 10.0 Å². The van der Waals surface area contributed by atoms with Crippen molar-refractivity contribution in [1.82, 2.24) is 0 Å². The zero-order chi connectivity index (χ0) is 9.30. The fourth-order valence-corrected chi connectivity index (χ4v) is 1.24. The van der Waals surface area contributed by atoms with Gasteiger partial charge in [0.05, 0.1) is 4.92 Å². The highest BCUT2D eigenvalue weighted by molar-refractivity contribution is 9.10. The van der Waals surface area contributed by atoms with Crippen molar-refractivity contribution in [3.63, 3.8) is 0 Å². The SMILES string of the molecule is Cc1cc(O)c(Br)c([N+](=O)[O-])c1. The van der Waals surface area contributed by atoms with Gasteiger partial charge in [-0.05, 0) is 34.5 Å². The van der Waals surface area contributed by atoms with Gasteiger partial charge in [0, 0.05) is 6.07 Å². The first kappa shape index (κ1) is 8.99. The van der Waals surface area contributed by atoms with Crippen LogP contribution in [-0.2, 0) is 0 Å². The van der Waals surface area contributed by atoms with E-state index < -0.39 is 4.92 Å². The second kappa shape index (κ2) is 3.10. The summed E-state index contributed by atoms with van der Waals surface area (Å²) in [5.41, 5.74) is 0.537. The molecule has 0 aliphatic heterocycles. The van der Waals surface area contributed by atoms with Crippen molar-refractivity contribution in [2.75, 3.05) is 0 Å². The van der Waals surface area contributed by atoms with Crippen LogP contribution in [-0.4, -0.2) is 10.0 Å². The van der Waals surface area contributed by atoms with Crippen LogP contribution in [0.5, 0.6) is 5.75 Å². The predicted molar refractivity (Wildman–Crippen MR) is 47.2 cm³/mol. The molecule has 5 heteroatoms. The third-order valence-electron chi connectivity index (χ3n) is 1.38. The van der Waals surface area contributed by atoms with E-state index in [9.17, 15) is 15.2 Å². The van der Waals surface area contributed by atoms with Crippen LogP contribution in [0.4, 0.5) is 5.69 Å². The minimum absolute atomic E-state index is 0.110. The lowest BCUT2D eigenvalue weighted by molar-refractivity contribution is -0.385. The molecule has 1 N–H and O–H groups in total. The number of phenolic OH excluding ortho intramolecular Hbond substituents is 1. The first-order valence-electron chi connectivity index (χ1n) is 3.16. The van der Waals surface area contributed by atoms with Crippen LogP contribution in [0.1, 0.15) is 5.56 Å². The lowest BCUT2D eigenvalue weighted by atomic mass is 10.2. The minimum atomic E-state index is -0.545. The van der Waals surface area contributed by atoms with Gasteiger partial charge in [0.15, 0.2) is 0 Å². The summed E-state index contributed by atoms with van der Waals surface area (Å²) < 4.78 is 0.123. The Morgan fingerprint density at radius 1 is 1.58 bits per heavy atom. The van der Waals surface area contributed by atoms with E-state index in [1.54, 1.807) is 6.92 Å². The van der Waals surface area contributed by atoms with E-state index in [-0.39, 0.29) is 15.9 Å². The van der Waals surface area contributed by atoms with Crippen LogP contribution in [0.2, 0.25) is 0 Å². The van der Waals surface area contributed by atoms with E-state index in [1.165, 1.54) is 12.1 Å². The molecule has 0 saturated heterocycles. The highest BCUT2D eigenvalue weighted by atomic mass is 79.9. The van der Waals surface area contributed by atoms with Gasteiger partial charge in [0.2, 0.25) is 0 Å². The van der Waals surface area contributed by atoms with Gasteiger partial charge in [0.1, 0.15) is 10.2 Å². The van der Waals surface area contributed by atoms with Crippen molar-refractivity contribution in [2.45, 2.75) is 6.92 Å². The van der Waals surface area contributed by atoms with Crippen LogP contribution in [0.25, 0.3) is 0 Å². The lowest BCUT2D eigenvalue weighted by Gasteiger charge is -1.99. The van der Waals surface area contributed by atoms with E-state index in [0.717, 1.165) is 0 Å². The van der Waals surface area contributed by atoms with E-state index in [1.807, 2.05) is 0 Å². The molecule has 0 heterocycles. The van der Waals surface area contributed by atoms with Crippen LogP contribution in [0, 0.1) is 17.0 Å². The number of phenols is 1. The second-order valence-corrected chi connectivity index (χ2v) is 3.17. The van der Waals surface area contributed by atoms with Gasteiger partial charge in [-0.15, -0.1) is 0 Å². The summed E-state index contributed by atoms with van der Waals surface area (Å²) in [6, 6.07) is 2.85. The number of hydrogen-bond acceptors (Lipinski definition) is 3. The maximum atomic E-state index is 10.4. The number of aromatic hydroxyl groups is 1. The number of benzene rings is 1. The Balaban J connectivity index is 3.37. The molecule has 0 atom stereocenters. The smallest absolute Gasteiger partial charge is 0.287 e. The molecule has 0 aromatic heterocycles. The number of rotatable bonds is 1. The molecule has 64 valence electrons. The standard InChI is InChI=1S/C7H6BrNO3/c1-4-2-5(9(11)12)7(8)6(10)3-4/h2-3,10H,1H3. The number of halogens is 1. The Morgan fingerprint density at radius 2 is 2.17 bits per heavy atom. The third kappa shape index (κ3) is 1.55. The molecule has 4 nitrogen and oxygen atoms in total. The Hall–Kier alpha value is -1.10. The normalized spacial score (nSPS) is 9.83. The summed E-state index contributed by atoms with van der Waals surface area (Å²) >= 11 is 2.92. The molecule has 0 bridgehead atoms. The molecule has 1 rings (SSSR count). The molecule has 0 aliphatic rings. The summed E-state index contributed by atoms with van der Waals surface area (Å²) in [6.45, 7) is 1.68. The van der Waals surface area contributed by atoms with E-state index in [4.69, 9.17) is 0 Å². The van der Waals surface area contributed by atoms with Crippen LogP contribution < -0.4 is 0 Å². The highest BCUT2D eigenvalue weighted by Crippen LogP contribution is 2.34. The maximum absolute atomic E-state index is 10.4. The van der Waals surface area contributed by atoms with Crippen molar-refractivity contribution in [3.8, 4) is 5.75 Å². The van der Waals surface area contributed by atoms with Crippen molar-refractivity contribution in [3.05, 3.63) is 32.3 Å². The summed E-state index contributed by atoms with van der Waals surface area (Å²) in [6.07, 6.45) is 0. The molecule has 0 radical (unpaired) electrons. The predicted octanol–water partition coefficient (Wildman–Crippen LogP) is 2.37. The summed E-state index contributed by atoms with van der Waals surface area (Å²) in [5.74, 6) is -0.110. The lowest BCUT2D eigenvalue weighted by Crippen LogP contribution is -1.90. The van der Waals surface area contributed by atoms with E-state index in [0.29, 0.717) is 5.56 Å². The van der Waals surface area contributed by atoms with Crippen LogP contribution in [0.3, 0.4) is 0 Å². The van der Waals surface area contributed by atoms with Crippen LogP contribution in [0.15, 0.2) is 16.6 Å². The van der Waals surface area contributed by atoms with E-state index >= 15 is 0 Å². The average Bonchev–Trinajstić information content (AvgIpc) is 1.96. The highest BCUT2D eigenvalue weighted by Gasteiger charge is 2.15. The molecule has 12 heavy (non-hydrogen) atoms. The van der Waals surface area contributed by atoms with Gasteiger partial charge >= 0.3 is 0 Å². The molecule has 0 saturated carbocycles. The Labute approximate surface area is 77.1 Å². The third-order valence-corrected chi connectivity index (χ3v) is 2.19. The first-order chi connectivity index (χ1) is 5.52. The minimum Gasteiger partial charge on any atom is -0.506 e. The number of nitrogens with zero attached hydrogens (tertiary/aromatic N) is 1. The van der Waals surface area contributed by atoms with Gasteiger partial charge in [0.25, 0.3) is 5.69 Å². The molecule has 0 spiro atoms. The molecule has 0 fully saturated rings. The van der Waals surface area contributed by atoms with Gasteiger partial charge in [-0.25, -0.2) is 0 Å². The molecular formula is C7H6BrNO3.